The average Bonchev–Trinajstić information content (AvgIpc) is 3.07. The van der Waals surface area contributed by atoms with E-state index in [4.69, 9.17) is 4.42 Å². The molecule has 0 aliphatic heterocycles. The fourth-order valence-electron chi connectivity index (χ4n) is 1.62. The van der Waals surface area contributed by atoms with Gasteiger partial charge in [0.25, 0.3) is 6.43 Å². The van der Waals surface area contributed by atoms with Crippen LogP contribution < -0.4 is 10.6 Å². The summed E-state index contributed by atoms with van der Waals surface area (Å²) in [6.45, 7) is -0.592. The molecule has 0 aliphatic rings. The van der Waals surface area contributed by atoms with Crippen LogP contribution in [0.3, 0.4) is 0 Å². The van der Waals surface area contributed by atoms with Crippen molar-refractivity contribution < 1.29 is 23.1 Å². The van der Waals surface area contributed by atoms with Crippen LogP contribution in [0.2, 0.25) is 0 Å². The highest BCUT2D eigenvalue weighted by atomic mass is 19.3. The number of rotatable bonds is 6. The van der Waals surface area contributed by atoms with Gasteiger partial charge in [-0.1, -0.05) is 0 Å². The molecular weight excluding hydrogens is 286 g/mol. The van der Waals surface area contributed by atoms with Crippen molar-refractivity contribution in [2.75, 3.05) is 11.9 Å². The predicted molar refractivity (Wildman–Crippen MR) is 68.9 cm³/mol. The van der Waals surface area contributed by atoms with Gasteiger partial charge in [0.15, 0.2) is 0 Å². The molecule has 0 saturated heterocycles. The minimum absolute atomic E-state index is 0.0511. The fraction of sp³-hybridized carbons (Fsp3) is 0.333. The minimum atomic E-state index is -2.52. The van der Waals surface area contributed by atoms with Crippen molar-refractivity contribution in [1.82, 2.24) is 15.1 Å². The summed E-state index contributed by atoms with van der Waals surface area (Å²) >= 11 is 0. The van der Waals surface area contributed by atoms with Crippen LogP contribution in [0.5, 0.6) is 0 Å². The molecule has 0 aliphatic carbocycles. The Kier molecular flexibility index (Phi) is 4.88. The molecular formula is C12H14F2N4O3. The maximum Gasteiger partial charge on any atom is 0.319 e. The number of furan rings is 1. The molecule has 2 heterocycles. The number of carbonyl (C=O) groups is 1. The van der Waals surface area contributed by atoms with Gasteiger partial charge in [-0.3, -0.25) is 4.68 Å². The van der Waals surface area contributed by atoms with E-state index in [1.807, 2.05) is 0 Å². The molecule has 0 saturated carbocycles. The molecule has 2 rings (SSSR count). The largest absolute Gasteiger partial charge is 0.467 e. The number of amides is 2. The molecule has 0 bridgehead atoms. The van der Waals surface area contributed by atoms with Gasteiger partial charge >= 0.3 is 6.03 Å². The van der Waals surface area contributed by atoms with Crippen LogP contribution in [-0.2, 0) is 6.54 Å². The van der Waals surface area contributed by atoms with E-state index in [0.29, 0.717) is 5.76 Å². The molecule has 2 aromatic heterocycles. The highest BCUT2D eigenvalue weighted by Crippen LogP contribution is 2.12. The van der Waals surface area contributed by atoms with E-state index in [1.165, 1.54) is 18.7 Å². The second-order valence-electron chi connectivity index (χ2n) is 4.21. The number of urea groups is 1. The standard InChI is InChI=1S/C12H14F2N4O3/c13-11(14)7-18-6-8(4-16-18)17-12(20)15-5-9(19)10-2-1-3-21-10/h1-4,6,9,11,19H,5,7H2,(H2,15,17,20). The molecule has 2 amide bonds. The first-order chi connectivity index (χ1) is 10.0. The zero-order valence-electron chi connectivity index (χ0n) is 10.9. The highest BCUT2D eigenvalue weighted by molar-refractivity contribution is 5.88. The lowest BCUT2D eigenvalue weighted by Crippen LogP contribution is -2.32. The Hall–Kier alpha value is -2.42. The third-order valence-corrected chi connectivity index (χ3v) is 2.54. The summed E-state index contributed by atoms with van der Waals surface area (Å²) < 4.78 is 30.3. The Labute approximate surface area is 118 Å². The Morgan fingerprint density at radius 2 is 2.33 bits per heavy atom. The van der Waals surface area contributed by atoms with Gasteiger partial charge in [-0.05, 0) is 12.1 Å². The summed E-state index contributed by atoms with van der Waals surface area (Å²) in [6.07, 6.45) is 0.470. The Balaban J connectivity index is 1.78. The van der Waals surface area contributed by atoms with Crippen LogP contribution in [0.25, 0.3) is 0 Å². The lowest BCUT2D eigenvalue weighted by Gasteiger charge is -2.09. The predicted octanol–water partition coefficient (Wildman–Crippen LogP) is 1.60. The fourth-order valence-corrected chi connectivity index (χ4v) is 1.62. The SMILES string of the molecule is O=C(NCC(O)c1ccco1)Nc1cnn(CC(F)F)c1. The van der Waals surface area contributed by atoms with Crippen molar-refractivity contribution in [2.45, 2.75) is 19.1 Å². The molecule has 0 aromatic carbocycles. The zero-order valence-corrected chi connectivity index (χ0v) is 10.9. The Morgan fingerprint density at radius 3 is 3.00 bits per heavy atom. The van der Waals surface area contributed by atoms with Gasteiger partial charge < -0.3 is 20.2 Å². The number of hydrogen-bond donors (Lipinski definition) is 3. The highest BCUT2D eigenvalue weighted by Gasteiger charge is 2.12. The number of halogens is 2. The monoisotopic (exact) mass is 300 g/mol. The van der Waals surface area contributed by atoms with Crippen LogP contribution in [0.4, 0.5) is 19.3 Å². The summed E-state index contributed by atoms with van der Waals surface area (Å²) in [4.78, 5) is 11.6. The summed E-state index contributed by atoms with van der Waals surface area (Å²) in [5, 5.41) is 18.2. The summed E-state index contributed by atoms with van der Waals surface area (Å²) in [5.41, 5.74) is 0.278. The molecule has 1 unspecified atom stereocenters. The Bertz CT molecular complexity index is 571. The van der Waals surface area contributed by atoms with Gasteiger partial charge in [0.05, 0.1) is 24.7 Å². The first-order valence-electron chi connectivity index (χ1n) is 6.11. The third kappa shape index (κ3) is 4.56. The molecule has 1 atom stereocenters. The van der Waals surface area contributed by atoms with Crippen molar-refractivity contribution in [2.24, 2.45) is 0 Å². The van der Waals surface area contributed by atoms with Crippen molar-refractivity contribution >= 4 is 11.7 Å². The van der Waals surface area contributed by atoms with E-state index in [-0.39, 0.29) is 12.2 Å². The van der Waals surface area contributed by atoms with Crippen LogP contribution in [-0.4, -0.2) is 33.9 Å². The number of aliphatic hydroxyl groups is 1. The van der Waals surface area contributed by atoms with Crippen LogP contribution in [0.1, 0.15) is 11.9 Å². The van der Waals surface area contributed by atoms with Crippen molar-refractivity contribution in [3.8, 4) is 0 Å². The lowest BCUT2D eigenvalue weighted by molar-refractivity contribution is 0.122. The second kappa shape index (κ2) is 6.84. The third-order valence-electron chi connectivity index (χ3n) is 2.54. The van der Waals surface area contributed by atoms with Crippen molar-refractivity contribution in [1.29, 1.82) is 0 Å². The van der Waals surface area contributed by atoms with Gasteiger partial charge in [-0.25, -0.2) is 13.6 Å². The van der Waals surface area contributed by atoms with E-state index in [9.17, 15) is 18.7 Å². The van der Waals surface area contributed by atoms with E-state index in [2.05, 4.69) is 15.7 Å². The maximum atomic E-state index is 12.1. The number of aromatic nitrogens is 2. The molecule has 114 valence electrons. The maximum absolute atomic E-state index is 12.1. The van der Waals surface area contributed by atoms with Crippen molar-refractivity contribution in [3.63, 3.8) is 0 Å². The zero-order chi connectivity index (χ0) is 15.2. The van der Waals surface area contributed by atoms with Gasteiger partial charge in [0.2, 0.25) is 0 Å². The van der Waals surface area contributed by atoms with E-state index in [0.717, 1.165) is 4.68 Å². The molecule has 21 heavy (non-hydrogen) atoms. The smallest absolute Gasteiger partial charge is 0.319 e. The van der Waals surface area contributed by atoms with E-state index in [1.54, 1.807) is 12.1 Å². The average molecular weight is 300 g/mol. The summed E-state index contributed by atoms with van der Waals surface area (Å²) in [7, 11) is 0. The van der Waals surface area contributed by atoms with Gasteiger partial charge in [0.1, 0.15) is 18.4 Å². The quantitative estimate of drug-likeness (QED) is 0.755. The number of anilines is 1. The van der Waals surface area contributed by atoms with Crippen LogP contribution in [0, 0.1) is 0 Å². The number of alkyl halides is 2. The molecule has 0 fully saturated rings. The van der Waals surface area contributed by atoms with Gasteiger partial charge in [0, 0.05) is 6.20 Å². The number of hydrogen-bond acceptors (Lipinski definition) is 4. The second-order valence-corrected chi connectivity index (χ2v) is 4.21. The minimum Gasteiger partial charge on any atom is -0.467 e. The number of nitrogens with zero attached hydrogens (tertiary/aromatic N) is 2. The lowest BCUT2D eigenvalue weighted by atomic mass is 10.3. The molecule has 2 aromatic rings. The summed E-state index contributed by atoms with van der Waals surface area (Å²) in [6, 6.07) is 2.62. The number of aliphatic hydroxyl groups excluding tert-OH is 1. The van der Waals surface area contributed by atoms with Crippen LogP contribution >= 0.6 is 0 Å². The number of nitrogens with one attached hydrogen (secondary N) is 2. The normalized spacial score (nSPS) is 12.4. The summed E-state index contributed by atoms with van der Waals surface area (Å²) in [5.74, 6) is 0.333. The van der Waals surface area contributed by atoms with E-state index < -0.39 is 25.1 Å². The molecule has 7 nitrogen and oxygen atoms in total. The van der Waals surface area contributed by atoms with E-state index >= 15 is 0 Å². The Morgan fingerprint density at radius 1 is 1.52 bits per heavy atom. The first-order valence-corrected chi connectivity index (χ1v) is 6.11. The first kappa shape index (κ1) is 15.0. The molecule has 3 N–H and O–H groups in total. The molecule has 0 spiro atoms. The molecule has 0 radical (unpaired) electrons. The molecule has 9 heteroatoms. The van der Waals surface area contributed by atoms with Gasteiger partial charge in [-0.2, -0.15) is 5.10 Å². The van der Waals surface area contributed by atoms with Crippen molar-refractivity contribution in [3.05, 3.63) is 36.5 Å². The van der Waals surface area contributed by atoms with Crippen LogP contribution in [0.15, 0.2) is 35.2 Å². The van der Waals surface area contributed by atoms with Gasteiger partial charge in [-0.15, -0.1) is 0 Å². The number of carbonyl (C=O) groups excluding carboxylic acids is 1. The topological polar surface area (TPSA) is 92.3 Å².